The van der Waals surface area contributed by atoms with Gasteiger partial charge < -0.3 is 28.7 Å². The van der Waals surface area contributed by atoms with Crippen molar-refractivity contribution < 1.29 is 23.7 Å². The number of likely N-dealkylation sites (tertiary alicyclic amines) is 2. The summed E-state index contributed by atoms with van der Waals surface area (Å²) in [5.41, 5.74) is 0.818. The van der Waals surface area contributed by atoms with Gasteiger partial charge in [0.05, 0.1) is 18.6 Å². The number of hydrogen-bond acceptors (Lipinski definition) is 6. The molecule has 7 nitrogen and oxygen atoms in total. The molecule has 0 N–H and O–H groups in total. The van der Waals surface area contributed by atoms with E-state index >= 15 is 0 Å². The Labute approximate surface area is 198 Å². The molecule has 4 heterocycles. The van der Waals surface area contributed by atoms with Gasteiger partial charge in [-0.2, -0.15) is 0 Å². The van der Waals surface area contributed by atoms with Crippen molar-refractivity contribution in [2.75, 3.05) is 46.4 Å². The van der Waals surface area contributed by atoms with Crippen LogP contribution in [0, 0.1) is 11.8 Å². The van der Waals surface area contributed by atoms with E-state index < -0.39 is 0 Å². The topological polar surface area (TPSA) is 67.1 Å². The van der Waals surface area contributed by atoms with E-state index in [1.165, 1.54) is 37.9 Å². The molecular weight excluding hydrogens is 420 g/mol. The molecule has 4 saturated heterocycles. The second-order valence-corrected chi connectivity index (χ2v) is 11.4. The molecule has 1 saturated carbocycles. The van der Waals surface area contributed by atoms with Crippen molar-refractivity contribution in [1.29, 1.82) is 0 Å². The van der Waals surface area contributed by atoms with Gasteiger partial charge in [0.2, 0.25) is 0 Å². The maximum atomic E-state index is 12.9. The van der Waals surface area contributed by atoms with Crippen molar-refractivity contribution in [2.24, 2.45) is 11.8 Å². The molecule has 0 aromatic carbocycles. The molecule has 0 bridgehead atoms. The lowest BCUT2D eigenvalue weighted by Crippen LogP contribution is -2.57. The summed E-state index contributed by atoms with van der Waals surface area (Å²) >= 11 is 0. The molecule has 5 rings (SSSR count). The van der Waals surface area contributed by atoms with Crippen molar-refractivity contribution >= 4 is 6.09 Å². The third-order valence-corrected chi connectivity index (χ3v) is 8.76. The summed E-state index contributed by atoms with van der Waals surface area (Å²) < 4.78 is 24.3. The minimum atomic E-state index is -0.300. The van der Waals surface area contributed by atoms with Crippen LogP contribution in [-0.4, -0.2) is 91.8 Å². The van der Waals surface area contributed by atoms with Crippen LogP contribution in [0.25, 0.3) is 0 Å². The Morgan fingerprint density at radius 1 is 1.21 bits per heavy atom. The normalized spacial score (nSPS) is 40.5. The predicted octanol–water partition coefficient (Wildman–Crippen LogP) is 3.62. The first kappa shape index (κ1) is 23.6. The van der Waals surface area contributed by atoms with E-state index in [4.69, 9.17) is 18.9 Å². The second kappa shape index (κ2) is 9.14. The van der Waals surface area contributed by atoms with E-state index in [2.05, 4.69) is 31.7 Å². The van der Waals surface area contributed by atoms with Crippen LogP contribution >= 0.6 is 0 Å². The third-order valence-electron chi connectivity index (χ3n) is 8.76. The fourth-order valence-electron chi connectivity index (χ4n) is 6.55. The number of carbonyl (C=O) groups excluding carboxylic acids is 1. The minimum Gasteiger partial charge on any atom is -0.443 e. The zero-order chi connectivity index (χ0) is 23.2. The first-order chi connectivity index (χ1) is 15.8. The number of methoxy groups -OCH3 is 1. The molecule has 1 amide bonds. The average Bonchev–Trinajstić information content (AvgIpc) is 3.59. The standard InChI is InChI=1S/C26H42N2O5/c1-18(2)7-8-21-25(3,33-21)23-22(30-4)20(9-11-26(23)17-31-26)32-24(29)28-15-19(16-28)10-14-27-12-5-6-13-27/h7,19-23H,5-6,8-17H2,1-4H3/t20-,21-,22-,23?,25+,26+/m1/s1. The highest BCUT2D eigenvalue weighted by Crippen LogP contribution is 2.59. The maximum absolute atomic E-state index is 12.9. The Hall–Kier alpha value is -1.15. The van der Waals surface area contributed by atoms with Crippen LogP contribution in [0.2, 0.25) is 0 Å². The van der Waals surface area contributed by atoms with Crippen LogP contribution in [0.15, 0.2) is 11.6 Å². The molecule has 0 aromatic rings. The van der Waals surface area contributed by atoms with Crippen LogP contribution in [0.5, 0.6) is 0 Å². The lowest BCUT2D eigenvalue weighted by Gasteiger charge is -2.44. The molecule has 4 aliphatic heterocycles. The molecule has 6 atom stereocenters. The number of allylic oxidation sites excluding steroid dienone is 1. The summed E-state index contributed by atoms with van der Waals surface area (Å²) in [4.78, 5) is 17.3. The lowest BCUT2D eigenvalue weighted by molar-refractivity contribution is -0.124. The number of carbonyl (C=O) groups is 1. The Kier molecular flexibility index (Phi) is 6.53. The summed E-state index contributed by atoms with van der Waals surface area (Å²) in [5, 5.41) is 0. The van der Waals surface area contributed by atoms with Gasteiger partial charge in [-0.25, -0.2) is 4.79 Å². The monoisotopic (exact) mass is 462 g/mol. The Balaban J connectivity index is 1.16. The molecule has 1 spiro atoms. The SMILES string of the molecule is CO[C@H]1C([C@@]2(C)O[C@@H]2CC=C(C)C)[C@]2(CC[C@H]1OC(=O)N1CC(CCN3CCCC3)C1)CO2. The number of ether oxygens (including phenoxy) is 4. The van der Waals surface area contributed by atoms with Gasteiger partial charge in [-0.05, 0) is 84.8 Å². The Morgan fingerprint density at radius 3 is 2.58 bits per heavy atom. The van der Waals surface area contributed by atoms with Crippen LogP contribution in [0.3, 0.4) is 0 Å². The van der Waals surface area contributed by atoms with E-state index in [1.54, 1.807) is 7.11 Å². The molecule has 33 heavy (non-hydrogen) atoms. The van der Waals surface area contributed by atoms with E-state index in [0.717, 1.165) is 45.5 Å². The molecule has 1 unspecified atom stereocenters. The van der Waals surface area contributed by atoms with E-state index in [1.807, 2.05) is 4.90 Å². The zero-order valence-electron chi connectivity index (χ0n) is 20.9. The average molecular weight is 463 g/mol. The second-order valence-electron chi connectivity index (χ2n) is 11.4. The number of rotatable bonds is 8. The van der Waals surface area contributed by atoms with E-state index in [-0.39, 0.29) is 41.5 Å². The van der Waals surface area contributed by atoms with Crippen molar-refractivity contribution in [1.82, 2.24) is 9.80 Å². The number of nitrogens with zero attached hydrogens (tertiary/aromatic N) is 2. The van der Waals surface area contributed by atoms with Crippen LogP contribution < -0.4 is 0 Å². The van der Waals surface area contributed by atoms with E-state index in [0.29, 0.717) is 5.92 Å². The highest BCUT2D eigenvalue weighted by Gasteiger charge is 2.72. The zero-order valence-corrected chi connectivity index (χ0v) is 20.9. The van der Waals surface area contributed by atoms with Crippen molar-refractivity contribution in [3.63, 3.8) is 0 Å². The molecular formula is C26H42N2O5. The summed E-state index contributed by atoms with van der Waals surface area (Å²) in [6.07, 6.45) is 8.17. The largest absolute Gasteiger partial charge is 0.443 e. The van der Waals surface area contributed by atoms with Crippen LogP contribution in [0.4, 0.5) is 4.79 Å². The number of hydrogen-bond donors (Lipinski definition) is 0. The molecule has 5 aliphatic rings. The highest BCUT2D eigenvalue weighted by molar-refractivity contribution is 5.69. The quantitative estimate of drug-likeness (QED) is 0.405. The van der Waals surface area contributed by atoms with Crippen LogP contribution in [-0.2, 0) is 18.9 Å². The van der Waals surface area contributed by atoms with Crippen molar-refractivity contribution in [3.05, 3.63) is 11.6 Å². The molecule has 7 heteroatoms. The molecule has 0 radical (unpaired) electrons. The Bertz CT molecular complexity index is 752. The summed E-state index contributed by atoms with van der Waals surface area (Å²) in [5.74, 6) is 0.676. The summed E-state index contributed by atoms with van der Waals surface area (Å²) in [7, 11) is 1.73. The maximum Gasteiger partial charge on any atom is 0.410 e. The lowest BCUT2D eigenvalue weighted by atomic mass is 9.68. The Morgan fingerprint density at radius 2 is 1.94 bits per heavy atom. The molecule has 0 aromatic heterocycles. The molecule has 1 aliphatic carbocycles. The van der Waals surface area contributed by atoms with Gasteiger partial charge in [-0.3, -0.25) is 0 Å². The highest BCUT2D eigenvalue weighted by atomic mass is 16.6. The van der Waals surface area contributed by atoms with Crippen molar-refractivity contribution in [3.8, 4) is 0 Å². The number of amides is 1. The van der Waals surface area contributed by atoms with Crippen LogP contribution in [0.1, 0.15) is 59.3 Å². The van der Waals surface area contributed by atoms with Gasteiger partial charge in [0.25, 0.3) is 0 Å². The number of epoxide rings is 2. The smallest absolute Gasteiger partial charge is 0.410 e. The fourth-order valence-corrected chi connectivity index (χ4v) is 6.55. The molecule has 5 fully saturated rings. The third kappa shape index (κ3) is 4.71. The summed E-state index contributed by atoms with van der Waals surface area (Å²) in [6, 6.07) is 0. The minimum absolute atomic E-state index is 0.0710. The van der Waals surface area contributed by atoms with Gasteiger partial charge in [0.15, 0.2) is 0 Å². The van der Waals surface area contributed by atoms with Gasteiger partial charge in [-0.15, -0.1) is 0 Å². The van der Waals surface area contributed by atoms with E-state index in [9.17, 15) is 4.79 Å². The van der Waals surface area contributed by atoms with Crippen molar-refractivity contribution in [2.45, 2.75) is 88.8 Å². The fraction of sp³-hybridized carbons (Fsp3) is 0.885. The summed E-state index contributed by atoms with van der Waals surface area (Å²) in [6.45, 7) is 12.4. The van der Waals surface area contributed by atoms with Gasteiger partial charge >= 0.3 is 6.09 Å². The van der Waals surface area contributed by atoms with Gasteiger partial charge in [-0.1, -0.05) is 11.6 Å². The first-order valence-electron chi connectivity index (χ1n) is 13.0. The first-order valence-corrected chi connectivity index (χ1v) is 13.0. The van der Waals surface area contributed by atoms with Gasteiger partial charge in [0, 0.05) is 20.2 Å². The van der Waals surface area contributed by atoms with Gasteiger partial charge in [0.1, 0.15) is 23.4 Å². The predicted molar refractivity (Wildman–Crippen MR) is 125 cm³/mol. The molecule has 186 valence electrons.